The van der Waals surface area contributed by atoms with Gasteiger partial charge in [-0.3, -0.25) is 4.90 Å². The minimum atomic E-state index is -0.102. The van der Waals surface area contributed by atoms with E-state index in [4.69, 9.17) is 4.74 Å². The molecule has 2 saturated heterocycles. The topological polar surface area (TPSA) is 32.7 Å². The fraction of sp³-hybridized carbons (Fsp3) is 1.00. The van der Waals surface area contributed by atoms with Gasteiger partial charge in [0.1, 0.15) is 0 Å². The highest BCUT2D eigenvalue weighted by atomic mass is 16.5. The second-order valence-corrected chi connectivity index (χ2v) is 4.19. The molecule has 1 N–H and O–H groups in total. The van der Waals surface area contributed by atoms with Gasteiger partial charge in [0.05, 0.1) is 12.2 Å². The maximum Gasteiger partial charge on any atom is 0.0702 e. The van der Waals surface area contributed by atoms with E-state index in [0.717, 1.165) is 39.1 Å². The van der Waals surface area contributed by atoms with E-state index in [0.29, 0.717) is 6.10 Å². The van der Waals surface area contributed by atoms with Crippen LogP contribution in [0.15, 0.2) is 0 Å². The predicted molar refractivity (Wildman–Crippen MR) is 50.7 cm³/mol. The third kappa shape index (κ3) is 2.66. The van der Waals surface area contributed by atoms with E-state index in [-0.39, 0.29) is 6.10 Å². The van der Waals surface area contributed by atoms with Crippen molar-refractivity contribution in [1.82, 2.24) is 4.90 Å². The van der Waals surface area contributed by atoms with E-state index in [2.05, 4.69) is 4.90 Å². The third-order valence-electron chi connectivity index (χ3n) is 2.97. The van der Waals surface area contributed by atoms with E-state index in [1.807, 2.05) is 0 Å². The zero-order valence-electron chi connectivity index (χ0n) is 8.11. The van der Waals surface area contributed by atoms with Gasteiger partial charge in [-0.2, -0.15) is 0 Å². The first-order valence-electron chi connectivity index (χ1n) is 5.36. The summed E-state index contributed by atoms with van der Waals surface area (Å²) in [6.07, 6.45) is 4.85. The normalized spacial score (nSPS) is 36.7. The van der Waals surface area contributed by atoms with Gasteiger partial charge in [-0.25, -0.2) is 0 Å². The predicted octanol–water partition coefficient (Wildman–Crippen LogP) is 0.622. The Kier molecular flexibility index (Phi) is 3.19. The van der Waals surface area contributed by atoms with E-state index in [1.54, 1.807) is 0 Å². The van der Waals surface area contributed by atoms with Crippen LogP contribution in [0.1, 0.15) is 25.7 Å². The van der Waals surface area contributed by atoms with E-state index >= 15 is 0 Å². The number of hydrogen-bond donors (Lipinski definition) is 1. The second-order valence-electron chi connectivity index (χ2n) is 4.19. The molecule has 3 heteroatoms. The third-order valence-corrected chi connectivity index (χ3v) is 2.97. The molecule has 0 radical (unpaired) electrons. The Morgan fingerprint density at radius 1 is 1.31 bits per heavy atom. The van der Waals surface area contributed by atoms with Crippen LogP contribution in [0.4, 0.5) is 0 Å². The molecule has 0 bridgehead atoms. The maximum atomic E-state index is 9.47. The minimum absolute atomic E-state index is 0.102. The van der Waals surface area contributed by atoms with Crippen molar-refractivity contribution >= 4 is 0 Å². The number of ether oxygens (including phenoxy) is 1. The minimum Gasteiger partial charge on any atom is -0.392 e. The van der Waals surface area contributed by atoms with Crippen molar-refractivity contribution < 1.29 is 9.84 Å². The Bertz CT molecular complexity index is 157. The zero-order valence-corrected chi connectivity index (χ0v) is 8.11. The number of piperidine rings is 1. The van der Waals surface area contributed by atoms with Crippen LogP contribution >= 0.6 is 0 Å². The summed E-state index contributed by atoms with van der Waals surface area (Å²) in [5, 5.41) is 9.47. The molecule has 0 aromatic carbocycles. The zero-order chi connectivity index (χ0) is 9.10. The van der Waals surface area contributed by atoms with Crippen LogP contribution in [0.5, 0.6) is 0 Å². The van der Waals surface area contributed by atoms with E-state index in [1.165, 1.54) is 12.8 Å². The average Bonchev–Trinajstić information content (AvgIpc) is 2.57. The number of aliphatic hydroxyl groups is 1. The van der Waals surface area contributed by atoms with Gasteiger partial charge in [0, 0.05) is 19.7 Å². The van der Waals surface area contributed by atoms with Gasteiger partial charge in [-0.1, -0.05) is 0 Å². The lowest BCUT2D eigenvalue weighted by atomic mass is 10.1. The lowest BCUT2D eigenvalue weighted by molar-refractivity contribution is 0.0276. The van der Waals surface area contributed by atoms with Crippen LogP contribution in [-0.2, 0) is 4.74 Å². The van der Waals surface area contributed by atoms with Gasteiger partial charge >= 0.3 is 0 Å². The standard InChI is InChI=1S/C10H19NO2/c12-9-3-1-5-11(7-9)8-10-4-2-6-13-10/h9-10,12H,1-8H2/t9-,10-/m1/s1. The first-order valence-corrected chi connectivity index (χ1v) is 5.36. The van der Waals surface area contributed by atoms with Crippen molar-refractivity contribution in [3.63, 3.8) is 0 Å². The van der Waals surface area contributed by atoms with Crippen LogP contribution < -0.4 is 0 Å². The molecule has 0 unspecified atom stereocenters. The molecule has 2 aliphatic rings. The quantitative estimate of drug-likeness (QED) is 0.684. The first kappa shape index (κ1) is 9.44. The van der Waals surface area contributed by atoms with Crippen LogP contribution in [0.3, 0.4) is 0 Å². The Morgan fingerprint density at radius 3 is 2.92 bits per heavy atom. The largest absolute Gasteiger partial charge is 0.392 e. The molecule has 0 aromatic rings. The highest BCUT2D eigenvalue weighted by Gasteiger charge is 2.23. The molecule has 0 amide bonds. The summed E-state index contributed by atoms with van der Waals surface area (Å²) in [6, 6.07) is 0. The Hall–Kier alpha value is -0.120. The van der Waals surface area contributed by atoms with Crippen molar-refractivity contribution in [2.24, 2.45) is 0 Å². The van der Waals surface area contributed by atoms with Crippen LogP contribution in [-0.4, -0.2) is 48.5 Å². The van der Waals surface area contributed by atoms with Crippen molar-refractivity contribution in [2.75, 3.05) is 26.2 Å². The molecule has 0 spiro atoms. The van der Waals surface area contributed by atoms with Gasteiger partial charge in [-0.15, -0.1) is 0 Å². The number of nitrogens with zero attached hydrogens (tertiary/aromatic N) is 1. The number of β-amino-alcohol motifs (C(OH)–C–C–N with tert-alkyl or cyclic N) is 1. The Morgan fingerprint density at radius 2 is 2.23 bits per heavy atom. The molecule has 0 aromatic heterocycles. The van der Waals surface area contributed by atoms with Gasteiger partial charge < -0.3 is 9.84 Å². The highest BCUT2D eigenvalue weighted by Crippen LogP contribution is 2.16. The first-order chi connectivity index (χ1) is 6.34. The molecule has 3 nitrogen and oxygen atoms in total. The van der Waals surface area contributed by atoms with Crippen molar-refractivity contribution in [2.45, 2.75) is 37.9 Å². The summed E-state index contributed by atoms with van der Waals surface area (Å²) in [4.78, 5) is 2.34. The molecule has 2 heterocycles. The molecular weight excluding hydrogens is 166 g/mol. The molecule has 0 saturated carbocycles. The number of hydrogen-bond acceptors (Lipinski definition) is 3. The van der Waals surface area contributed by atoms with E-state index in [9.17, 15) is 5.11 Å². The number of rotatable bonds is 2. The lowest BCUT2D eigenvalue weighted by Crippen LogP contribution is -2.42. The molecule has 2 rings (SSSR count). The molecule has 76 valence electrons. The lowest BCUT2D eigenvalue weighted by Gasteiger charge is -2.31. The fourth-order valence-corrected chi connectivity index (χ4v) is 2.27. The summed E-state index contributed by atoms with van der Waals surface area (Å²) in [7, 11) is 0. The van der Waals surface area contributed by atoms with Gasteiger partial charge in [0.2, 0.25) is 0 Å². The summed E-state index contributed by atoms with van der Waals surface area (Å²) >= 11 is 0. The Balaban J connectivity index is 1.73. The van der Waals surface area contributed by atoms with Crippen LogP contribution in [0.25, 0.3) is 0 Å². The van der Waals surface area contributed by atoms with Crippen molar-refractivity contribution in [1.29, 1.82) is 0 Å². The van der Waals surface area contributed by atoms with Crippen molar-refractivity contribution in [3.8, 4) is 0 Å². The summed E-state index contributed by atoms with van der Waals surface area (Å²) in [5.74, 6) is 0. The molecular formula is C10H19NO2. The molecule has 13 heavy (non-hydrogen) atoms. The summed E-state index contributed by atoms with van der Waals surface area (Å²) in [5.41, 5.74) is 0. The molecule has 2 aliphatic heterocycles. The fourth-order valence-electron chi connectivity index (χ4n) is 2.27. The highest BCUT2D eigenvalue weighted by molar-refractivity contribution is 4.76. The maximum absolute atomic E-state index is 9.47. The molecule has 2 fully saturated rings. The average molecular weight is 185 g/mol. The second kappa shape index (κ2) is 4.40. The Labute approximate surface area is 79.7 Å². The monoisotopic (exact) mass is 185 g/mol. The van der Waals surface area contributed by atoms with Crippen molar-refractivity contribution in [3.05, 3.63) is 0 Å². The van der Waals surface area contributed by atoms with E-state index < -0.39 is 0 Å². The van der Waals surface area contributed by atoms with Crippen LogP contribution in [0, 0.1) is 0 Å². The number of aliphatic hydroxyl groups excluding tert-OH is 1. The smallest absolute Gasteiger partial charge is 0.0702 e. The molecule has 2 atom stereocenters. The summed E-state index contributed by atoms with van der Waals surface area (Å²) < 4.78 is 5.57. The van der Waals surface area contributed by atoms with Gasteiger partial charge in [-0.05, 0) is 32.2 Å². The van der Waals surface area contributed by atoms with Crippen LogP contribution in [0.2, 0.25) is 0 Å². The molecule has 0 aliphatic carbocycles. The summed E-state index contributed by atoms with van der Waals surface area (Å²) in [6.45, 7) is 3.94. The number of likely N-dealkylation sites (tertiary alicyclic amines) is 1. The van der Waals surface area contributed by atoms with Gasteiger partial charge in [0.25, 0.3) is 0 Å². The van der Waals surface area contributed by atoms with Gasteiger partial charge in [0.15, 0.2) is 0 Å². The SMILES string of the molecule is O[C@@H]1CCCN(C[C@H]2CCCO2)C1.